The number of fused-ring (bicyclic) bond motifs is 1. The SMILES string of the molecule is Cn1nnnc1SCC1=C(C(=O)O)N2C(=O)C(NC(=O)Cc3ccc(CS/C(N)=N\NC=O)cc3)C2SC1. The second-order valence-electron chi connectivity index (χ2n) is 8.06. The van der Waals surface area contributed by atoms with Gasteiger partial charge in [-0.1, -0.05) is 47.8 Å². The first-order valence-electron chi connectivity index (χ1n) is 11.1. The predicted octanol–water partition coefficient (Wildman–Crippen LogP) is -0.508. The number of nitrogens with zero attached hydrogens (tertiary/aromatic N) is 6. The highest BCUT2D eigenvalue weighted by atomic mass is 32.2. The highest BCUT2D eigenvalue weighted by Crippen LogP contribution is 2.41. The molecule has 3 heterocycles. The summed E-state index contributed by atoms with van der Waals surface area (Å²) in [4.78, 5) is 49.1. The predicted molar refractivity (Wildman–Crippen MR) is 141 cm³/mol. The third kappa shape index (κ3) is 6.28. The highest BCUT2D eigenvalue weighted by Gasteiger charge is 2.54. The fraction of sp³-hybridized carbons (Fsp3) is 0.333. The van der Waals surface area contributed by atoms with Crippen LogP contribution in [0, 0.1) is 0 Å². The molecule has 2 aromatic rings. The molecule has 0 aliphatic carbocycles. The summed E-state index contributed by atoms with van der Waals surface area (Å²) in [5, 5.41) is 27.7. The first-order valence-corrected chi connectivity index (χ1v) is 14.1. The van der Waals surface area contributed by atoms with Gasteiger partial charge in [-0.2, -0.15) is 0 Å². The van der Waals surface area contributed by atoms with Gasteiger partial charge in [0.25, 0.3) is 5.91 Å². The van der Waals surface area contributed by atoms with Crippen molar-refractivity contribution < 1.29 is 24.3 Å². The number of carbonyl (C=O) groups excluding carboxylic acids is 3. The van der Waals surface area contributed by atoms with E-state index in [0.29, 0.717) is 34.4 Å². The summed E-state index contributed by atoms with van der Waals surface area (Å²) in [6, 6.07) is 6.52. The number of nitrogens with one attached hydrogen (secondary N) is 2. The van der Waals surface area contributed by atoms with Crippen molar-refractivity contribution in [2.75, 3.05) is 11.5 Å². The van der Waals surface area contributed by atoms with Crippen LogP contribution < -0.4 is 16.5 Å². The first kappa shape index (κ1) is 27.5. The zero-order valence-electron chi connectivity index (χ0n) is 19.9. The van der Waals surface area contributed by atoms with Crippen molar-refractivity contribution in [2.24, 2.45) is 17.9 Å². The van der Waals surface area contributed by atoms with E-state index in [9.17, 15) is 24.3 Å². The van der Waals surface area contributed by atoms with Crippen molar-refractivity contribution in [1.82, 2.24) is 35.8 Å². The molecule has 1 aromatic heterocycles. The number of rotatable bonds is 11. The van der Waals surface area contributed by atoms with Gasteiger partial charge in [0.1, 0.15) is 17.1 Å². The lowest BCUT2D eigenvalue weighted by atomic mass is 10.0. The third-order valence-electron chi connectivity index (χ3n) is 5.52. The number of aliphatic carboxylic acids is 1. The van der Waals surface area contributed by atoms with Crippen LogP contribution in [0.4, 0.5) is 0 Å². The molecule has 2 unspecified atom stereocenters. The molecular weight excluding hydrogens is 554 g/mol. The molecule has 17 heteroatoms. The van der Waals surface area contributed by atoms with E-state index < -0.39 is 23.3 Å². The van der Waals surface area contributed by atoms with Crippen LogP contribution in [0.25, 0.3) is 0 Å². The zero-order valence-corrected chi connectivity index (χ0v) is 22.4. The number of nitrogens with two attached hydrogens (primary N) is 1. The van der Waals surface area contributed by atoms with Crippen LogP contribution in [-0.4, -0.2) is 82.5 Å². The minimum absolute atomic E-state index is 0.0482. The number of carboxylic acids is 1. The van der Waals surface area contributed by atoms with E-state index in [0.717, 1.165) is 11.1 Å². The average Bonchev–Trinajstić information content (AvgIpc) is 3.32. The molecule has 2 aliphatic rings. The number of β-lactam (4-membered cyclic amide) rings is 1. The highest BCUT2D eigenvalue weighted by molar-refractivity contribution is 8.13. The van der Waals surface area contributed by atoms with Gasteiger partial charge in [0, 0.05) is 24.3 Å². The monoisotopic (exact) mass is 577 g/mol. The molecule has 1 aromatic carbocycles. The number of amides is 3. The second-order valence-corrected chi connectivity index (χ2v) is 11.1. The summed E-state index contributed by atoms with van der Waals surface area (Å²) in [5.41, 5.74) is 10.0. The molecule has 0 spiro atoms. The molecule has 14 nitrogen and oxygen atoms in total. The average molecular weight is 578 g/mol. The number of carbonyl (C=O) groups is 4. The van der Waals surface area contributed by atoms with Gasteiger partial charge < -0.3 is 16.2 Å². The molecular formula is C21H23N9O5S3. The van der Waals surface area contributed by atoms with Crippen LogP contribution in [-0.2, 0) is 38.4 Å². The molecule has 0 saturated carbocycles. The largest absolute Gasteiger partial charge is 0.477 e. The Morgan fingerprint density at radius 1 is 1.29 bits per heavy atom. The summed E-state index contributed by atoms with van der Waals surface area (Å²) in [6.07, 6.45) is 0.491. The lowest BCUT2D eigenvalue weighted by Gasteiger charge is -2.49. The topological polar surface area (TPSA) is 198 Å². The Balaban J connectivity index is 1.32. The summed E-state index contributed by atoms with van der Waals surface area (Å²) in [7, 11) is 1.68. The Morgan fingerprint density at radius 2 is 2.03 bits per heavy atom. The molecule has 5 N–H and O–H groups in total. The zero-order chi connectivity index (χ0) is 27.2. The fourth-order valence-electron chi connectivity index (χ4n) is 3.73. The van der Waals surface area contributed by atoms with Gasteiger partial charge in [-0.25, -0.2) is 14.9 Å². The fourth-order valence-corrected chi connectivity index (χ4v) is 6.69. The van der Waals surface area contributed by atoms with Crippen molar-refractivity contribution in [2.45, 2.75) is 28.7 Å². The smallest absolute Gasteiger partial charge is 0.352 e. The Bertz CT molecular complexity index is 1300. The summed E-state index contributed by atoms with van der Waals surface area (Å²) in [5.74, 6) is -0.722. The lowest BCUT2D eigenvalue weighted by molar-refractivity contribution is -0.150. The van der Waals surface area contributed by atoms with Crippen LogP contribution in [0.3, 0.4) is 0 Å². The van der Waals surface area contributed by atoms with E-state index in [1.54, 1.807) is 19.2 Å². The Hall–Kier alpha value is -3.57. The van der Waals surface area contributed by atoms with E-state index in [1.165, 1.54) is 44.9 Å². The minimum atomic E-state index is -1.19. The summed E-state index contributed by atoms with van der Waals surface area (Å²) < 4.78 is 1.48. The Morgan fingerprint density at radius 3 is 2.68 bits per heavy atom. The molecule has 4 rings (SSSR count). The maximum absolute atomic E-state index is 12.9. The number of tetrazole rings is 1. The number of aryl methyl sites for hydroxylation is 1. The normalized spacial score (nSPS) is 19.0. The van der Waals surface area contributed by atoms with Crippen LogP contribution >= 0.6 is 35.3 Å². The third-order valence-corrected chi connectivity index (χ3v) is 8.83. The second kappa shape index (κ2) is 12.3. The van der Waals surface area contributed by atoms with E-state index in [-0.39, 0.29) is 23.2 Å². The first-order chi connectivity index (χ1) is 18.3. The molecule has 3 amide bonds. The van der Waals surface area contributed by atoms with Gasteiger partial charge in [-0.3, -0.25) is 19.3 Å². The number of hydrogen-bond acceptors (Lipinski definition) is 11. The number of thioether (sulfide) groups is 3. The van der Waals surface area contributed by atoms with E-state index >= 15 is 0 Å². The number of amidine groups is 1. The minimum Gasteiger partial charge on any atom is -0.477 e. The number of benzene rings is 1. The van der Waals surface area contributed by atoms with Crippen molar-refractivity contribution in [3.05, 3.63) is 46.7 Å². The van der Waals surface area contributed by atoms with E-state index in [2.05, 4.69) is 31.4 Å². The molecule has 38 heavy (non-hydrogen) atoms. The molecule has 1 saturated heterocycles. The van der Waals surface area contributed by atoms with Gasteiger partial charge in [-0.05, 0) is 27.1 Å². The summed E-state index contributed by atoms with van der Waals surface area (Å²) in [6.45, 7) is 0. The number of hydrazone groups is 1. The number of aromatic nitrogens is 4. The van der Waals surface area contributed by atoms with Crippen LogP contribution in [0.2, 0.25) is 0 Å². The van der Waals surface area contributed by atoms with Gasteiger partial charge in [-0.15, -0.1) is 22.0 Å². The van der Waals surface area contributed by atoms with Crippen LogP contribution in [0.1, 0.15) is 11.1 Å². The molecule has 0 radical (unpaired) electrons. The van der Waals surface area contributed by atoms with Gasteiger partial charge >= 0.3 is 5.97 Å². The quantitative estimate of drug-likeness (QED) is 0.0667. The van der Waals surface area contributed by atoms with Crippen molar-refractivity contribution >= 4 is 64.6 Å². The van der Waals surface area contributed by atoms with Gasteiger partial charge in [0.15, 0.2) is 5.17 Å². The van der Waals surface area contributed by atoms with Crippen molar-refractivity contribution in [3.8, 4) is 0 Å². The molecule has 2 atom stereocenters. The molecule has 0 bridgehead atoms. The maximum atomic E-state index is 12.9. The maximum Gasteiger partial charge on any atom is 0.352 e. The standard InChI is InChI=1S/C21H23N9O5S3/c1-29-21(26-27-28-29)38-9-13-8-36-18-15(17(33)30(18)16(13)19(34)35)24-14(32)6-11-2-4-12(5-3-11)7-37-20(22)25-23-10-31/h2-5,10,15,18H,6-9H2,1H3,(H2,22,25)(H,23,31)(H,24,32)(H,34,35). The van der Waals surface area contributed by atoms with Crippen LogP contribution in [0.15, 0.2) is 45.8 Å². The lowest BCUT2D eigenvalue weighted by Crippen LogP contribution is -2.70. The van der Waals surface area contributed by atoms with E-state index in [4.69, 9.17) is 5.73 Å². The molecule has 1 fully saturated rings. The van der Waals surface area contributed by atoms with E-state index in [1.807, 2.05) is 12.1 Å². The Labute approximate surface area is 229 Å². The van der Waals surface area contributed by atoms with Gasteiger partial charge in [0.05, 0.1) is 6.42 Å². The van der Waals surface area contributed by atoms with Gasteiger partial charge in [0.2, 0.25) is 17.5 Å². The number of hydrogen-bond donors (Lipinski definition) is 4. The molecule has 2 aliphatic heterocycles. The summed E-state index contributed by atoms with van der Waals surface area (Å²) >= 11 is 3.95. The van der Waals surface area contributed by atoms with Crippen LogP contribution in [0.5, 0.6) is 0 Å². The molecule has 200 valence electrons. The number of carboxylic acid groups (broad SMARTS) is 1. The Kier molecular flexibility index (Phi) is 8.90. The van der Waals surface area contributed by atoms with Crippen molar-refractivity contribution in [1.29, 1.82) is 0 Å². The van der Waals surface area contributed by atoms with Crippen molar-refractivity contribution in [3.63, 3.8) is 0 Å².